The number of rotatable bonds is 7. The molecule has 0 atom stereocenters. The SMILES string of the molecule is CC(=O)c1cccc(NC(=O)c2cc(N(C)CCc3ccncc3)ncn2)c1. The molecule has 7 heteroatoms. The van der Waals surface area contributed by atoms with Crippen molar-refractivity contribution in [2.24, 2.45) is 0 Å². The first kappa shape index (κ1) is 19.2. The van der Waals surface area contributed by atoms with E-state index in [9.17, 15) is 9.59 Å². The minimum atomic E-state index is -0.355. The molecule has 1 amide bonds. The summed E-state index contributed by atoms with van der Waals surface area (Å²) in [5.41, 5.74) is 2.52. The van der Waals surface area contributed by atoms with Crippen LogP contribution in [0.1, 0.15) is 33.3 Å². The van der Waals surface area contributed by atoms with Crippen molar-refractivity contribution in [3.8, 4) is 0 Å². The molecule has 0 aliphatic rings. The Labute approximate surface area is 163 Å². The fourth-order valence-electron chi connectivity index (χ4n) is 2.65. The first-order valence-electron chi connectivity index (χ1n) is 8.87. The van der Waals surface area contributed by atoms with Crippen LogP contribution in [-0.2, 0) is 6.42 Å². The number of aromatic nitrogens is 3. The molecule has 3 aromatic rings. The van der Waals surface area contributed by atoms with Crippen molar-refractivity contribution < 1.29 is 9.59 Å². The van der Waals surface area contributed by atoms with Gasteiger partial charge in [0.05, 0.1) is 0 Å². The number of nitrogens with zero attached hydrogens (tertiary/aromatic N) is 4. The maximum Gasteiger partial charge on any atom is 0.274 e. The van der Waals surface area contributed by atoms with Gasteiger partial charge in [-0.15, -0.1) is 0 Å². The van der Waals surface area contributed by atoms with Crippen molar-refractivity contribution in [3.05, 3.63) is 78.0 Å². The van der Waals surface area contributed by atoms with Gasteiger partial charge in [-0.05, 0) is 43.2 Å². The minimum absolute atomic E-state index is 0.0590. The van der Waals surface area contributed by atoms with Gasteiger partial charge in [-0.2, -0.15) is 0 Å². The number of nitrogens with one attached hydrogen (secondary N) is 1. The molecule has 7 nitrogen and oxygen atoms in total. The smallest absolute Gasteiger partial charge is 0.274 e. The molecule has 0 bridgehead atoms. The Kier molecular flexibility index (Phi) is 6.06. The second-order valence-corrected chi connectivity index (χ2v) is 6.38. The van der Waals surface area contributed by atoms with Gasteiger partial charge in [0, 0.05) is 43.3 Å². The molecule has 3 rings (SSSR count). The van der Waals surface area contributed by atoms with E-state index >= 15 is 0 Å². The van der Waals surface area contributed by atoms with Gasteiger partial charge < -0.3 is 10.2 Å². The summed E-state index contributed by atoms with van der Waals surface area (Å²) in [5, 5.41) is 2.77. The molecule has 142 valence electrons. The van der Waals surface area contributed by atoms with Crippen LogP contribution >= 0.6 is 0 Å². The molecular formula is C21H21N5O2. The first-order chi connectivity index (χ1) is 13.5. The third kappa shape index (κ3) is 4.97. The lowest BCUT2D eigenvalue weighted by molar-refractivity contribution is 0.100. The van der Waals surface area contributed by atoms with E-state index in [2.05, 4.69) is 20.3 Å². The zero-order chi connectivity index (χ0) is 19.9. The number of carbonyl (C=O) groups is 2. The number of anilines is 2. The number of ketones is 1. The predicted molar refractivity (Wildman–Crippen MR) is 108 cm³/mol. The van der Waals surface area contributed by atoms with Crippen LogP contribution in [0.25, 0.3) is 0 Å². The Morgan fingerprint density at radius 1 is 1.07 bits per heavy atom. The van der Waals surface area contributed by atoms with Crippen LogP contribution in [0, 0.1) is 0 Å². The highest BCUT2D eigenvalue weighted by Crippen LogP contribution is 2.14. The fraction of sp³-hybridized carbons (Fsp3) is 0.190. The summed E-state index contributed by atoms with van der Waals surface area (Å²) < 4.78 is 0. The number of benzene rings is 1. The zero-order valence-corrected chi connectivity index (χ0v) is 15.8. The highest BCUT2D eigenvalue weighted by Gasteiger charge is 2.12. The van der Waals surface area contributed by atoms with Crippen molar-refractivity contribution in [2.75, 3.05) is 23.8 Å². The number of Topliss-reactive ketones (excluding diaryl/α,β-unsaturated/α-hetero) is 1. The van der Waals surface area contributed by atoms with Crippen LogP contribution in [0.15, 0.2) is 61.2 Å². The highest BCUT2D eigenvalue weighted by molar-refractivity contribution is 6.04. The van der Waals surface area contributed by atoms with Gasteiger partial charge in [0.1, 0.15) is 17.8 Å². The molecule has 0 spiro atoms. The third-order valence-electron chi connectivity index (χ3n) is 4.29. The van der Waals surface area contributed by atoms with Gasteiger partial charge >= 0.3 is 0 Å². The predicted octanol–water partition coefficient (Wildman–Crippen LogP) is 3.01. The quantitative estimate of drug-likeness (QED) is 0.639. The van der Waals surface area contributed by atoms with Gasteiger partial charge in [-0.1, -0.05) is 12.1 Å². The summed E-state index contributed by atoms with van der Waals surface area (Å²) in [6.45, 7) is 2.22. The Bertz CT molecular complexity index is 975. The Morgan fingerprint density at radius 2 is 1.86 bits per heavy atom. The van der Waals surface area contributed by atoms with Crippen molar-refractivity contribution in [3.63, 3.8) is 0 Å². The van der Waals surface area contributed by atoms with Gasteiger partial charge in [-0.25, -0.2) is 9.97 Å². The summed E-state index contributed by atoms with van der Waals surface area (Å²) in [6.07, 6.45) is 5.74. The molecule has 0 saturated carbocycles. The fourth-order valence-corrected chi connectivity index (χ4v) is 2.65. The molecular weight excluding hydrogens is 354 g/mol. The second kappa shape index (κ2) is 8.85. The lowest BCUT2D eigenvalue weighted by atomic mass is 10.1. The second-order valence-electron chi connectivity index (χ2n) is 6.38. The van der Waals surface area contributed by atoms with Gasteiger partial charge in [0.25, 0.3) is 5.91 Å². The van der Waals surface area contributed by atoms with Crippen LogP contribution in [0.2, 0.25) is 0 Å². The Hall–Kier alpha value is -3.61. The molecule has 0 fully saturated rings. The topological polar surface area (TPSA) is 88.1 Å². The molecule has 0 saturated heterocycles. The molecule has 0 unspecified atom stereocenters. The van der Waals surface area contributed by atoms with Gasteiger partial charge in [0.2, 0.25) is 0 Å². The molecule has 0 aliphatic carbocycles. The normalized spacial score (nSPS) is 10.4. The third-order valence-corrected chi connectivity index (χ3v) is 4.29. The molecule has 2 aromatic heterocycles. The van der Waals surface area contributed by atoms with E-state index in [4.69, 9.17) is 0 Å². The molecule has 1 aromatic carbocycles. The van der Waals surface area contributed by atoms with Gasteiger partial charge in [-0.3, -0.25) is 14.6 Å². The molecule has 1 N–H and O–H groups in total. The highest BCUT2D eigenvalue weighted by atomic mass is 16.2. The number of pyridine rings is 1. The standard InChI is InChI=1S/C21H21N5O2/c1-15(27)17-4-3-5-18(12-17)25-21(28)19-13-20(24-14-23-19)26(2)11-8-16-6-9-22-10-7-16/h3-7,9-10,12-14H,8,11H2,1-2H3,(H,25,28). The van der Waals surface area contributed by atoms with E-state index in [1.54, 1.807) is 42.7 Å². The number of hydrogen-bond donors (Lipinski definition) is 1. The number of likely N-dealkylation sites (N-methyl/N-ethyl adjacent to an activating group) is 1. The average Bonchev–Trinajstić information content (AvgIpc) is 2.73. The number of amides is 1. The number of hydrogen-bond acceptors (Lipinski definition) is 6. The lowest BCUT2D eigenvalue weighted by Crippen LogP contribution is -2.23. The maximum absolute atomic E-state index is 12.5. The van der Waals surface area contributed by atoms with E-state index in [0.717, 1.165) is 13.0 Å². The van der Waals surface area contributed by atoms with Crippen molar-refractivity contribution in [1.29, 1.82) is 0 Å². The van der Waals surface area contributed by atoms with Crippen LogP contribution in [0.3, 0.4) is 0 Å². The van der Waals surface area contributed by atoms with Crippen LogP contribution in [-0.4, -0.2) is 40.2 Å². The molecule has 28 heavy (non-hydrogen) atoms. The Morgan fingerprint density at radius 3 is 2.61 bits per heavy atom. The molecule has 0 radical (unpaired) electrons. The van der Waals surface area contributed by atoms with E-state index < -0.39 is 0 Å². The van der Waals surface area contributed by atoms with Crippen LogP contribution in [0.4, 0.5) is 11.5 Å². The maximum atomic E-state index is 12.5. The monoisotopic (exact) mass is 375 g/mol. The zero-order valence-electron chi connectivity index (χ0n) is 15.8. The van der Waals surface area contributed by atoms with Crippen LogP contribution < -0.4 is 10.2 Å². The summed E-state index contributed by atoms with van der Waals surface area (Å²) in [5.74, 6) is 0.245. The average molecular weight is 375 g/mol. The van der Waals surface area contributed by atoms with Gasteiger partial charge in [0.15, 0.2) is 5.78 Å². The lowest BCUT2D eigenvalue weighted by Gasteiger charge is -2.18. The minimum Gasteiger partial charge on any atom is -0.359 e. The first-order valence-corrected chi connectivity index (χ1v) is 8.87. The summed E-state index contributed by atoms with van der Waals surface area (Å²) in [7, 11) is 1.92. The van der Waals surface area contributed by atoms with E-state index in [-0.39, 0.29) is 17.4 Å². The van der Waals surface area contributed by atoms with Crippen molar-refractivity contribution >= 4 is 23.2 Å². The van der Waals surface area contributed by atoms with Crippen molar-refractivity contribution in [2.45, 2.75) is 13.3 Å². The van der Waals surface area contributed by atoms with Crippen LogP contribution in [0.5, 0.6) is 0 Å². The Balaban J connectivity index is 1.67. The molecule has 2 heterocycles. The van der Waals surface area contributed by atoms with Crippen molar-refractivity contribution in [1.82, 2.24) is 15.0 Å². The van der Waals surface area contributed by atoms with E-state index in [0.29, 0.717) is 17.1 Å². The largest absolute Gasteiger partial charge is 0.359 e. The van der Waals surface area contributed by atoms with E-state index in [1.807, 2.05) is 24.1 Å². The summed E-state index contributed by atoms with van der Waals surface area (Å²) in [4.78, 5) is 38.3. The molecule has 0 aliphatic heterocycles. The number of carbonyl (C=O) groups excluding carboxylic acids is 2. The van der Waals surface area contributed by atoms with E-state index in [1.165, 1.54) is 18.8 Å². The summed E-state index contributed by atoms with van der Waals surface area (Å²) in [6, 6.07) is 12.4. The summed E-state index contributed by atoms with van der Waals surface area (Å²) >= 11 is 0.